The van der Waals surface area contributed by atoms with Crippen LogP contribution in [0.25, 0.3) is 0 Å². The molecule has 0 amide bonds. The van der Waals surface area contributed by atoms with Crippen LogP contribution in [0.5, 0.6) is 0 Å². The molecule has 0 spiro atoms. The van der Waals surface area contributed by atoms with Crippen molar-refractivity contribution in [2.24, 2.45) is 5.92 Å². The van der Waals surface area contributed by atoms with E-state index in [1.54, 1.807) is 6.92 Å². The van der Waals surface area contributed by atoms with Crippen molar-refractivity contribution in [2.75, 3.05) is 0 Å². The normalized spacial score (nSPS) is 13.1. The van der Waals surface area contributed by atoms with Crippen LogP contribution in [-0.4, -0.2) is 11.1 Å². The van der Waals surface area contributed by atoms with Crippen LogP contribution < -0.4 is 0 Å². The van der Waals surface area contributed by atoms with Crippen LogP contribution >= 0.6 is 0 Å². The average molecular weight is 367 g/mol. The van der Waals surface area contributed by atoms with Crippen molar-refractivity contribution in [2.45, 2.75) is 130 Å². The Bertz CT molecular complexity index is 346. The van der Waals surface area contributed by atoms with Crippen molar-refractivity contribution in [3.8, 4) is 0 Å². The van der Waals surface area contributed by atoms with Crippen molar-refractivity contribution in [1.29, 1.82) is 0 Å². The van der Waals surface area contributed by atoms with Gasteiger partial charge in [0, 0.05) is 5.57 Å². The molecule has 0 rings (SSSR count). The number of carbonyl (C=O) groups is 1. The molecule has 0 aromatic carbocycles. The molecule has 0 aliphatic carbocycles. The summed E-state index contributed by atoms with van der Waals surface area (Å²) in [4.78, 5) is 10.7. The number of rotatable bonds is 19. The summed E-state index contributed by atoms with van der Waals surface area (Å²) >= 11 is 0. The first-order chi connectivity index (χ1) is 12.6. The summed E-state index contributed by atoms with van der Waals surface area (Å²) < 4.78 is 0. The van der Waals surface area contributed by atoms with E-state index in [0.29, 0.717) is 5.57 Å². The third-order valence-electron chi connectivity index (χ3n) is 5.65. The van der Waals surface area contributed by atoms with Gasteiger partial charge in [-0.3, -0.25) is 0 Å². The van der Waals surface area contributed by atoms with Crippen molar-refractivity contribution in [1.82, 2.24) is 0 Å². The van der Waals surface area contributed by atoms with E-state index in [4.69, 9.17) is 5.11 Å². The fraction of sp³-hybridized carbons (Fsp3) is 0.875. The molecule has 1 atom stereocenters. The van der Waals surface area contributed by atoms with Gasteiger partial charge in [-0.15, -0.1) is 0 Å². The molecule has 0 aromatic heterocycles. The third kappa shape index (κ3) is 16.7. The lowest BCUT2D eigenvalue weighted by molar-refractivity contribution is -0.132. The number of aliphatic carboxylic acids is 1. The monoisotopic (exact) mass is 366 g/mol. The highest BCUT2D eigenvalue weighted by molar-refractivity contribution is 5.85. The lowest BCUT2D eigenvalue weighted by atomic mass is 9.92. The number of carboxylic acids is 1. The Hall–Kier alpha value is -0.790. The fourth-order valence-electron chi connectivity index (χ4n) is 3.63. The minimum Gasteiger partial charge on any atom is -0.478 e. The van der Waals surface area contributed by atoms with Crippen LogP contribution in [0.2, 0.25) is 0 Å². The van der Waals surface area contributed by atoms with Gasteiger partial charge in [-0.2, -0.15) is 0 Å². The van der Waals surface area contributed by atoms with Crippen molar-refractivity contribution < 1.29 is 9.90 Å². The maximum absolute atomic E-state index is 10.7. The first-order valence-corrected chi connectivity index (χ1v) is 11.5. The van der Waals surface area contributed by atoms with E-state index >= 15 is 0 Å². The number of carboxylic acid groups (broad SMARTS) is 1. The van der Waals surface area contributed by atoms with E-state index < -0.39 is 5.97 Å². The molecule has 154 valence electrons. The molecule has 26 heavy (non-hydrogen) atoms. The van der Waals surface area contributed by atoms with Gasteiger partial charge in [-0.05, 0) is 25.7 Å². The minimum atomic E-state index is -0.784. The molecule has 0 fully saturated rings. The zero-order valence-electron chi connectivity index (χ0n) is 18.0. The predicted molar refractivity (Wildman–Crippen MR) is 115 cm³/mol. The average Bonchev–Trinajstić information content (AvgIpc) is 2.63. The molecule has 0 heterocycles. The summed E-state index contributed by atoms with van der Waals surface area (Å²) in [7, 11) is 0. The second-order valence-electron chi connectivity index (χ2n) is 8.08. The Balaban J connectivity index is 3.45. The van der Waals surface area contributed by atoms with E-state index in [1.807, 2.05) is 6.08 Å². The van der Waals surface area contributed by atoms with Crippen LogP contribution in [0, 0.1) is 5.92 Å². The van der Waals surface area contributed by atoms with Gasteiger partial charge in [0.15, 0.2) is 0 Å². The van der Waals surface area contributed by atoms with E-state index in [1.165, 1.54) is 96.3 Å². The lowest BCUT2D eigenvalue weighted by Gasteiger charge is -2.14. The van der Waals surface area contributed by atoms with E-state index in [2.05, 4.69) is 13.8 Å². The second kappa shape index (κ2) is 19.0. The van der Waals surface area contributed by atoms with Crippen LogP contribution in [-0.2, 0) is 4.79 Å². The maximum Gasteiger partial charge on any atom is 0.330 e. The number of hydrogen-bond donors (Lipinski definition) is 1. The summed E-state index contributed by atoms with van der Waals surface area (Å²) in [6.07, 6.45) is 24.7. The van der Waals surface area contributed by atoms with Crippen molar-refractivity contribution in [3.63, 3.8) is 0 Å². The molecule has 2 nitrogen and oxygen atoms in total. The number of unbranched alkanes of at least 4 members (excludes halogenated alkanes) is 12. The van der Waals surface area contributed by atoms with Crippen LogP contribution in [0.15, 0.2) is 11.6 Å². The van der Waals surface area contributed by atoms with Gasteiger partial charge in [0.05, 0.1) is 0 Å². The highest BCUT2D eigenvalue weighted by Crippen LogP contribution is 2.21. The smallest absolute Gasteiger partial charge is 0.330 e. The van der Waals surface area contributed by atoms with Gasteiger partial charge in [0.1, 0.15) is 0 Å². The Morgan fingerprint density at radius 1 is 0.769 bits per heavy atom. The molecule has 0 saturated carbocycles. The summed E-state index contributed by atoms with van der Waals surface area (Å²) in [5, 5.41) is 8.83. The molecule has 2 heteroatoms. The molecule has 0 radical (unpaired) electrons. The number of hydrogen-bond acceptors (Lipinski definition) is 1. The molecular formula is C24H46O2. The van der Waals surface area contributed by atoms with Gasteiger partial charge >= 0.3 is 5.97 Å². The van der Waals surface area contributed by atoms with E-state index in [9.17, 15) is 4.79 Å². The largest absolute Gasteiger partial charge is 0.478 e. The first-order valence-electron chi connectivity index (χ1n) is 11.5. The summed E-state index contributed by atoms with van der Waals surface area (Å²) in [6, 6.07) is 0. The second-order valence-corrected chi connectivity index (χ2v) is 8.08. The van der Waals surface area contributed by atoms with Crippen LogP contribution in [0.3, 0.4) is 0 Å². The molecule has 0 bridgehead atoms. The lowest BCUT2D eigenvalue weighted by Crippen LogP contribution is -1.99. The highest BCUT2D eigenvalue weighted by atomic mass is 16.4. The highest BCUT2D eigenvalue weighted by Gasteiger charge is 2.06. The standard InChI is InChI=1S/C24H46O2/c1-4-6-7-8-9-10-11-12-13-14-17-20-23(5-2)21-18-15-16-19-22(3)24(25)26/h19,23H,4-18,20-21H2,1-3H3,(H,25,26). The van der Waals surface area contributed by atoms with Gasteiger partial charge in [0.25, 0.3) is 0 Å². The predicted octanol–water partition coefficient (Wildman–Crippen LogP) is 8.31. The van der Waals surface area contributed by atoms with Crippen molar-refractivity contribution in [3.05, 3.63) is 11.6 Å². The quantitative estimate of drug-likeness (QED) is 0.184. The zero-order valence-corrected chi connectivity index (χ0v) is 18.0. The Morgan fingerprint density at radius 3 is 1.69 bits per heavy atom. The summed E-state index contributed by atoms with van der Waals surface area (Å²) in [5.41, 5.74) is 0.484. The SMILES string of the molecule is CCCCCCCCCCCCCC(CC)CCCCC=C(C)C(=O)O. The van der Waals surface area contributed by atoms with Crippen LogP contribution in [0.4, 0.5) is 0 Å². The maximum atomic E-state index is 10.7. The Labute approximate surface area is 163 Å². The van der Waals surface area contributed by atoms with Crippen LogP contribution in [0.1, 0.15) is 130 Å². The van der Waals surface area contributed by atoms with Gasteiger partial charge < -0.3 is 5.11 Å². The topological polar surface area (TPSA) is 37.3 Å². The number of allylic oxidation sites excluding steroid dienone is 1. The Kier molecular flexibility index (Phi) is 18.4. The third-order valence-corrected chi connectivity index (χ3v) is 5.65. The van der Waals surface area contributed by atoms with Gasteiger partial charge in [0.2, 0.25) is 0 Å². The Morgan fingerprint density at radius 2 is 1.23 bits per heavy atom. The first kappa shape index (κ1) is 25.2. The molecule has 0 aliphatic heterocycles. The molecule has 0 aliphatic rings. The molecule has 0 saturated heterocycles. The van der Waals surface area contributed by atoms with Gasteiger partial charge in [-0.1, -0.05) is 116 Å². The summed E-state index contributed by atoms with van der Waals surface area (Å²) in [6.45, 7) is 6.28. The molecular weight excluding hydrogens is 320 g/mol. The molecule has 0 aromatic rings. The zero-order chi connectivity index (χ0) is 19.5. The fourth-order valence-corrected chi connectivity index (χ4v) is 3.63. The van der Waals surface area contributed by atoms with E-state index in [0.717, 1.165) is 18.8 Å². The van der Waals surface area contributed by atoms with Crippen molar-refractivity contribution >= 4 is 5.97 Å². The van der Waals surface area contributed by atoms with Gasteiger partial charge in [-0.25, -0.2) is 4.79 Å². The van der Waals surface area contributed by atoms with E-state index in [-0.39, 0.29) is 0 Å². The molecule has 1 unspecified atom stereocenters. The molecule has 1 N–H and O–H groups in total. The summed E-state index contributed by atoms with van der Waals surface area (Å²) in [5.74, 6) is 0.0889. The minimum absolute atomic E-state index is 0.484.